The van der Waals surface area contributed by atoms with Gasteiger partial charge in [0, 0.05) is 40.1 Å². The molecule has 1 heterocycles. The van der Waals surface area contributed by atoms with Crippen LogP contribution in [0, 0.1) is 0 Å². The van der Waals surface area contributed by atoms with E-state index in [1.165, 1.54) is 11.1 Å². The SMILES string of the molecule is C[S@](=O)c1ccc(CN[C@@H]2CCCOc3ccccc32)cc1. The topological polar surface area (TPSA) is 38.3 Å². The van der Waals surface area contributed by atoms with Gasteiger partial charge in [-0.15, -0.1) is 0 Å². The molecule has 116 valence electrons. The lowest BCUT2D eigenvalue weighted by Crippen LogP contribution is -2.20. The molecule has 0 unspecified atom stereocenters. The van der Waals surface area contributed by atoms with E-state index in [0.29, 0.717) is 6.04 Å². The first-order valence-corrected chi connectivity index (χ1v) is 9.17. The summed E-state index contributed by atoms with van der Waals surface area (Å²) in [5.74, 6) is 0.995. The molecule has 1 N–H and O–H groups in total. The van der Waals surface area contributed by atoms with Crippen LogP contribution in [0.4, 0.5) is 0 Å². The van der Waals surface area contributed by atoms with E-state index in [0.717, 1.165) is 36.6 Å². The number of nitrogens with one attached hydrogen (secondary N) is 1. The minimum absolute atomic E-state index is 0.318. The highest BCUT2D eigenvalue weighted by molar-refractivity contribution is 7.84. The van der Waals surface area contributed by atoms with Gasteiger partial charge in [0.05, 0.1) is 6.61 Å². The third-order valence-electron chi connectivity index (χ3n) is 4.00. The molecule has 2 aromatic rings. The molecule has 3 rings (SSSR count). The summed E-state index contributed by atoms with van der Waals surface area (Å²) < 4.78 is 17.2. The number of hydrogen-bond donors (Lipinski definition) is 1. The molecular weight excluding hydrogens is 294 g/mol. The fraction of sp³-hybridized carbons (Fsp3) is 0.333. The summed E-state index contributed by atoms with van der Waals surface area (Å²) in [5, 5.41) is 3.63. The van der Waals surface area contributed by atoms with Crippen molar-refractivity contribution in [2.24, 2.45) is 0 Å². The number of ether oxygens (including phenoxy) is 1. The molecule has 0 saturated heterocycles. The van der Waals surface area contributed by atoms with Gasteiger partial charge in [-0.25, -0.2) is 0 Å². The van der Waals surface area contributed by atoms with Crippen LogP contribution in [0.1, 0.15) is 30.0 Å². The van der Waals surface area contributed by atoms with E-state index in [4.69, 9.17) is 4.74 Å². The molecule has 3 nitrogen and oxygen atoms in total. The number of hydrogen-bond acceptors (Lipinski definition) is 3. The molecule has 0 saturated carbocycles. The standard InChI is InChI=1S/C18H21NO2S/c1-22(20)15-10-8-14(9-11-15)13-19-17-6-4-12-21-18-7-3-2-5-16(17)18/h2-3,5,7-11,17,19H,4,6,12-13H2,1H3/t17-,22+/m1/s1. The Bertz CT molecular complexity index is 654. The Kier molecular flexibility index (Phi) is 4.90. The van der Waals surface area contributed by atoms with E-state index in [1.807, 2.05) is 36.4 Å². The number of para-hydroxylation sites is 1. The lowest BCUT2D eigenvalue weighted by Gasteiger charge is -2.18. The molecule has 1 aliphatic heterocycles. The van der Waals surface area contributed by atoms with E-state index in [9.17, 15) is 4.21 Å². The van der Waals surface area contributed by atoms with E-state index >= 15 is 0 Å². The van der Waals surface area contributed by atoms with Gasteiger partial charge in [0.1, 0.15) is 5.75 Å². The van der Waals surface area contributed by atoms with Gasteiger partial charge in [0.25, 0.3) is 0 Å². The second-order valence-electron chi connectivity index (χ2n) is 5.56. The van der Waals surface area contributed by atoms with Crippen LogP contribution in [0.3, 0.4) is 0 Å². The maximum absolute atomic E-state index is 11.4. The Hall–Kier alpha value is -1.65. The van der Waals surface area contributed by atoms with Crippen LogP contribution in [0.15, 0.2) is 53.4 Å². The zero-order chi connectivity index (χ0) is 15.4. The molecule has 0 radical (unpaired) electrons. The normalized spacial score (nSPS) is 18.9. The third kappa shape index (κ3) is 3.57. The average Bonchev–Trinajstić information content (AvgIpc) is 2.75. The summed E-state index contributed by atoms with van der Waals surface area (Å²) in [5.41, 5.74) is 2.45. The maximum atomic E-state index is 11.4. The van der Waals surface area contributed by atoms with Crippen molar-refractivity contribution < 1.29 is 8.95 Å². The van der Waals surface area contributed by atoms with E-state index in [2.05, 4.69) is 17.4 Å². The molecule has 1 aliphatic rings. The summed E-state index contributed by atoms with van der Waals surface area (Å²) in [4.78, 5) is 0.872. The third-order valence-corrected chi connectivity index (χ3v) is 4.93. The highest BCUT2D eigenvalue weighted by atomic mass is 32.2. The van der Waals surface area contributed by atoms with Crippen molar-refractivity contribution in [1.82, 2.24) is 5.32 Å². The first-order chi connectivity index (χ1) is 10.7. The first kappa shape index (κ1) is 15.3. The van der Waals surface area contributed by atoms with Crippen LogP contribution in [-0.2, 0) is 17.3 Å². The van der Waals surface area contributed by atoms with Gasteiger partial charge in [0.2, 0.25) is 0 Å². The molecule has 4 heteroatoms. The van der Waals surface area contributed by atoms with Crippen molar-refractivity contribution in [2.45, 2.75) is 30.3 Å². The zero-order valence-electron chi connectivity index (χ0n) is 12.7. The highest BCUT2D eigenvalue weighted by Crippen LogP contribution is 2.31. The number of rotatable bonds is 4. The second-order valence-corrected chi connectivity index (χ2v) is 6.94. The minimum atomic E-state index is -0.914. The number of benzene rings is 2. The Morgan fingerprint density at radius 3 is 2.73 bits per heavy atom. The van der Waals surface area contributed by atoms with Crippen LogP contribution < -0.4 is 10.1 Å². The Labute approximate surface area is 134 Å². The zero-order valence-corrected chi connectivity index (χ0v) is 13.6. The van der Waals surface area contributed by atoms with Crippen LogP contribution in [0.2, 0.25) is 0 Å². The lowest BCUT2D eigenvalue weighted by atomic mass is 10.0. The molecule has 2 aromatic carbocycles. The van der Waals surface area contributed by atoms with Crippen molar-refractivity contribution in [3.8, 4) is 5.75 Å². The quantitative estimate of drug-likeness (QED) is 0.939. The Balaban J connectivity index is 1.69. The van der Waals surface area contributed by atoms with Crippen LogP contribution in [0.5, 0.6) is 5.75 Å². The molecule has 0 bridgehead atoms. The van der Waals surface area contributed by atoms with Crippen molar-refractivity contribution in [2.75, 3.05) is 12.9 Å². The van der Waals surface area contributed by atoms with Crippen molar-refractivity contribution in [3.63, 3.8) is 0 Å². The highest BCUT2D eigenvalue weighted by Gasteiger charge is 2.18. The van der Waals surface area contributed by atoms with Crippen molar-refractivity contribution in [3.05, 3.63) is 59.7 Å². The Morgan fingerprint density at radius 2 is 1.95 bits per heavy atom. The molecule has 2 atom stereocenters. The van der Waals surface area contributed by atoms with Crippen molar-refractivity contribution in [1.29, 1.82) is 0 Å². The fourth-order valence-corrected chi connectivity index (χ4v) is 3.30. The monoisotopic (exact) mass is 315 g/mol. The molecule has 0 aliphatic carbocycles. The molecule has 0 fully saturated rings. The fourth-order valence-electron chi connectivity index (χ4n) is 2.78. The molecule has 22 heavy (non-hydrogen) atoms. The lowest BCUT2D eigenvalue weighted by molar-refractivity contribution is 0.315. The maximum Gasteiger partial charge on any atom is 0.124 e. The first-order valence-electron chi connectivity index (χ1n) is 7.61. The summed E-state index contributed by atoms with van der Waals surface area (Å²) in [6, 6.07) is 16.6. The predicted octanol–water partition coefficient (Wildman–Crippen LogP) is 3.43. The van der Waals surface area contributed by atoms with E-state index in [1.54, 1.807) is 6.26 Å². The summed E-state index contributed by atoms with van der Waals surface area (Å²) in [6.45, 7) is 1.59. The van der Waals surface area contributed by atoms with Gasteiger partial charge in [-0.1, -0.05) is 30.3 Å². The van der Waals surface area contributed by atoms with Crippen LogP contribution >= 0.6 is 0 Å². The van der Waals surface area contributed by atoms with Gasteiger partial charge in [-0.3, -0.25) is 4.21 Å². The van der Waals surface area contributed by atoms with Gasteiger partial charge in [-0.2, -0.15) is 0 Å². The van der Waals surface area contributed by atoms with Gasteiger partial charge >= 0.3 is 0 Å². The second kappa shape index (κ2) is 7.07. The van der Waals surface area contributed by atoms with Crippen molar-refractivity contribution >= 4 is 10.8 Å². The van der Waals surface area contributed by atoms with E-state index < -0.39 is 10.8 Å². The van der Waals surface area contributed by atoms with Gasteiger partial charge in [-0.05, 0) is 36.6 Å². The molecular formula is C18H21NO2S. The summed E-state index contributed by atoms with van der Waals surface area (Å²) >= 11 is 0. The predicted molar refractivity (Wildman–Crippen MR) is 89.5 cm³/mol. The number of fused-ring (bicyclic) bond motifs is 1. The van der Waals surface area contributed by atoms with Gasteiger partial charge < -0.3 is 10.1 Å². The largest absolute Gasteiger partial charge is 0.493 e. The van der Waals surface area contributed by atoms with Crippen LogP contribution in [-0.4, -0.2) is 17.1 Å². The van der Waals surface area contributed by atoms with Gasteiger partial charge in [0.15, 0.2) is 0 Å². The Morgan fingerprint density at radius 1 is 1.18 bits per heavy atom. The smallest absolute Gasteiger partial charge is 0.124 e. The molecule has 0 amide bonds. The minimum Gasteiger partial charge on any atom is -0.493 e. The van der Waals surface area contributed by atoms with Crippen LogP contribution in [0.25, 0.3) is 0 Å². The molecule has 0 aromatic heterocycles. The molecule has 0 spiro atoms. The summed E-state index contributed by atoms with van der Waals surface area (Å²) in [7, 11) is -0.914. The van der Waals surface area contributed by atoms with E-state index in [-0.39, 0.29) is 0 Å². The average molecular weight is 315 g/mol. The summed E-state index contributed by atoms with van der Waals surface area (Å²) in [6.07, 6.45) is 3.84.